The quantitative estimate of drug-likeness (QED) is 0.900. The lowest BCUT2D eigenvalue weighted by Gasteiger charge is -2.42. The Morgan fingerprint density at radius 1 is 1.32 bits per heavy atom. The monoisotopic (exact) mass is 261 g/mol. The minimum absolute atomic E-state index is 0.585. The van der Waals surface area contributed by atoms with Crippen LogP contribution in [-0.4, -0.2) is 43.7 Å². The maximum Gasteiger partial charge on any atom is 0.0429 e. The fourth-order valence-electron chi connectivity index (χ4n) is 3.15. The second-order valence-electron chi connectivity index (χ2n) is 5.56. The first-order valence-electron chi connectivity index (χ1n) is 7.45. The summed E-state index contributed by atoms with van der Waals surface area (Å²) in [5.41, 5.74) is 10.0. The Morgan fingerprint density at radius 2 is 2.11 bits per heavy atom. The summed E-state index contributed by atoms with van der Waals surface area (Å²) < 4.78 is 0. The summed E-state index contributed by atoms with van der Waals surface area (Å²) in [5, 5.41) is 0. The summed E-state index contributed by atoms with van der Waals surface area (Å²) in [6.07, 6.45) is 1.11. The van der Waals surface area contributed by atoms with Crippen molar-refractivity contribution in [1.82, 2.24) is 4.90 Å². The van der Waals surface area contributed by atoms with Gasteiger partial charge < -0.3 is 10.6 Å². The third-order valence-electron chi connectivity index (χ3n) is 4.20. The van der Waals surface area contributed by atoms with Gasteiger partial charge >= 0.3 is 0 Å². The van der Waals surface area contributed by atoms with Crippen LogP contribution in [0.2, 0.25) is 0 Å². The van der Waals surface area contributed by atoms with Crippen molar-refractivity contribution in [2.45, 2.75) is 33.2 Å². The van der Waals surface area contributed by atoms with Crippen LogP contribution in [-0.2, 0) is 6.42 Å². The van der Waals surface area contributed by atoms with Gasteiger partial charge in [0.2, 0.25) is 0 Å². The number of para-hydroxylation sites is 1. The van der Waals surface area contributed by atoms with E-state index in [9.17, 15) is 0 Å². The van der Waals surface area contributed by atoms with Gasteiger partial charge in [-0.05, 0) is 31.4 Å². The third-order valence-corrected chi connectivity index (χ3v) is 4.20. The molecule has 1 aliphatic heterocycles. The molecule has 0 radical (unpaired) electrons. The molecular weight excluding hydrogens is 234 g/mol. The number of benzene rings is 1. The highest BCUT2D eigenvalue weighted by molar-refractivity contribution is 5.59. The minimum atomic E-state index is 0.585. The van der Waals surface area contributed by atoms with Gasteiger partial charge in [0.15, 0.2) is 0 Å². The van der Waals surface area contributed by atoms with Gasteiger partial charge in [0.05, 0.1) is 0 Å². The highest BCUT2D eigenvalue weighted by Crippen LogP contribution is 2.27. The minimum Gasteiger partial charge on any atom is -0.368 e. The maximum atomic E-state index is 5.68. The summed E-state index contributed by atoms with van der Waals surface area (Å²) in [4.78, 5) is 5.06. The molecule has 106 valence electrons. The van der Waals surface area contributed by atoms with Crippen LogP contribution in [0.5, 0.6) is 0 Å². The molecule has 3 nitrogen and oxygen atoms in total. The number of nitrogens with two attached hydrogens (primary N) is 1. The van der Waals surface area contributed by atoms with E-state index in [1.807, 2.05) is 0 Å². The standard InChI is InChI=1S/C16H27N3/c1-4-15-7-5-6-13(2)16(15)19-11-10-18(9-8-17)14(3)12-19/h5-7,14H,4,8-12,17H2,1-3H3. The molecule has 1 saturated heterocycles. The second-order valence-corrected chi connectivity index (χ2v) is 5.56. The lowest BCUT2D eigenvalue weighted by atomic mass is 10.0. The van der Waals surface area contributed by atoms with E-state index in [0.29, 0.717) is 6.04 Å². The van der Waals surface area contributed by atoms with Crippen LogP contribution < -0.4 is 10.6 Å². The summed E-state index contributed by atoms with van der Waals surface area (Å²) in [6.45, 7) is 11.9. The number of anilines is 1. The number of hydrogen-bond donors (Lipinski definition) is 1. The first kappa shape index (κ1) is 14.4. The molecular formula is C16H27N3. The van der Waals surface area contributed by atoms with Crippen LogP contribution in [0.3, 0.4) is 0 Å². The van der Waals surface area contributed by atoms with E-state index in [0.717, 1.165) is 39.1 Å². The Morgan fingerprint density at radius 3 is 2.74 bits per heavy atom. The summed E-state index contributed by atoms with van der Waals surface area (Å²) >= 11 is 0. The number of rotatable bonds is 4. The van der Waals surface area contributed by atoms with Crippen LogP contribution in [0.4, 0.5) is 5.69 Å². The van der Waals surface area contributed by atoms with Gasteiger partial charge in [-0.3, -0.25) is 4.90 Å². The zero-order valence-electron chi connectivity index (χ0n) is 12.5. The van der Waals surface area contributed by atoms with Crippen LogP contribution in [0, 0.1) is 6.92 Å². The first-order chi connectivity index (χ1) is 9.17. The summed E-state index contributed by atoms with van der Waals surface area (Å²) in [5.74, 6) is 0. The molecule has 0 aromatic heterocycles. The molecule has 0 bridgehead atoms. The van der Waals surface area contributed by atoms with Crippen molar-refractivity contribution in [3.8, 4) is 0 Å². The largest absolute Gasteiger partial charge is 0.368 e. The van der Waals surface area contributed by atoms with E-state index in [1.165, 1.54) is 16.8 Å². The van der Waals surface area contributed by atoms with Gasteiger partial charge in [-0.25, -0.2) is 0 Å². The Kier molecular flexibility index (Phi) is 4.83. The molecule has 1 aromatic carbocycles. The van der Waals surface area contributed by atoms with Crippen LogP contribution in [0.15, 0.2) is 18.2 Å². The second kappa shape index (κ2) is 6.40. The molecule has 0 saturated carbocycles. The summed E-state index contributed by atoms with van der Waals surface area (Å²) in [7, 11) is 0. The van der Waals surface area contributed by atoms with Crippen LogP contribution in [0.25, 0.3) is 0 Å². The van der Waals surface area contributed by atoms with Crippen molar-refractivity contribution in [1.29, 1.82) is 0 Å². The smallest absolute Gasteiger partial charge is 0.0429 e. The molecule has 0 aliphatic carbocycles. The average molecular weight is 261 g/mol. The van der Waals surface area contributed by atoms with Crippen molar-refractivity contribution in [3.63, 3.8) is 0 Å². The highest BCUT2D eigenvalue weighted by atomic mass is 15.3. The van der Waals surface area contributed by atoms with E-state index in [-0.39, 0.29) is 0 Å². The zero-order chi connectivity index (χ0) is 13.8. The van der Waals surface area contributed by atoms with E-state index < -0.39 is 0 Å². The van der Waals surface area contributed by atoms with Crippen molar-refractivity contribution in [3.05, 3.63) is 29.3 Å². The van der Waals surface area contributed by atoms with E-state index in [1.54, 1.807) is 0 Å². The van der Waals surface area contributed by atoms with Crippen LogP contribution in [0.1, 0.15) is 25.0 Å². The number of aryl methyl sites for hydroxylation is 2. The van der Waals surface area contributed by atoms with Crippen molar-refractivity contribution in [2.75, 3.05) is 37.6 Å². The van der Waals surface area contributed by atoms with Gasteiger partial charge in [-0.2, -0.15) is 0 Å². The predicted octanol–water partition coefficient (Wildman–Crippen LogP) is 2.03. The van der Waals surface area contributed by atoms with Gasteiger partial charge in [0, 0.05) is 44.5 Å². The predicted molar refractivity (Wildman–Crippen MR) is 82.9 cm³/mol. The average Bonchev–Trinajstić information content (AvgIpc) is 2.41. The van der Waals surface area contributed by atoms with E-state index in [4.69, 9.17) is 5.73 Å². The van der Waals surface area contributed by atoms with Crippen molar-refractivity contribution in [2.24, 2.45) is 5.73 Å². The number of nitrogens with zero attached hydrogens (tertiary/aromatic N) is 2. The van der Waals surface area contributed by atoms with E-state index >= 15 is 0 Å². The lowest BCUT2D eigenvalue weighted by Crippen LogP contribution is -2.53. The molecule has 1 aromatic rings. The topological polar surface area (TPSA) is 32.5 Å². The maximum absolute atomic E-state index is 5.68. The van der Waals surface area contributed by atoms with Gasteiger partial charge in [-0.15, -0.1) is 0 Å². The molecule has 1 fully saturated rings. The Bertz CT molecular complexity index is 416. The highest BCUT2D eigenvalue weighted by Gasteiger charge is 2.24. The normalized spacial score (nSPS) is 20.8. The SMILES string of the molecule is CCc1cccc(C)c1N1CCN(CCN)C(C)C1. The molecule has 1 aliphatic rings. The molecule has 3 heteroatoms. The van der Waals surface area contributed by atoms with E-state index in [2.05, 4.69) is 48.8 Å². The molecule has 19 heavy (non-hydrogen) atoms. The first-order valence-corrected chi connectivity index (χ1v) is 7.45. The van der Waals surface area contributed by atoms with Crippen molar-refractivity contribution >= 4 is 5.69 Å². The van der Waals surface area contributed by atoms with Gasteiger partial charge in [0.25, 0.3) is 0 Å². The van der Waals surface area contributed by atoms with Gasteiger partial charge in [0.1, 0.15) is 0 Å². The summed E-state index contributed by atoms with van der Waals surface area (Å²) in [6, 6.07) is 7.25. The molecule has 0 amide bonds. The molecule has 1 atom stereocenters. The van der Waals surface area contributed by atoms with Crippen molar-refractivity contribution < 1.29 is 0 Å². The molecule has 2 rings (SSSR count). The Labute approximate surface area is 117 Å². The number of piperazine rings is 1. The third kappa shape index (κ3) is 3.10. The van der Waals surface area contributed by atoms with Crippen LogP contribution >= 0.6 is 0 Å². The Balaban J connectivity index is 2.16. The fraction of sp³-hybridized carbons (Fsp3) is 0.625. The zero-order valence-corrected chi connectivity index (χ0v) is 12.5. The molecule has 0 spiro atoms. The van der Waals surface area contributed by atoms with Gasteiger partial charge in [-0.1, -0.05) is 25.1 Å². The number of hydrogen-bond acceptors (Lipinski definition) is 3. The molecule has 1 heterocycles. The Hall–Kier alpha value is -1.06. The lowest BCUT2D eigenvalue weighted by molar-refractivity contribution is 0.194. The fourth-order valence-corrected chi connectivity index (χ4v) is 3.15. The molecule has 2 N–H and O–H groups in total. The molecule has 1 unspecified atom stereocenters.